The topological polar surface area (TPSA) is 129 Å². The Morgan fingerprint density at radius 3 is 2.52 bits per heavy atom. The summed E-state index contributed by atoms with van der Waals surface area (Å²) in [6, 6.07) is 9.06. The molecule has 1 aromatic heterocycles. The summed E-state index contributed by atoms with van der Waals surface area (Å²) in [6.07, 6.45) is 7.86. The minimum atomic E-state index is -0.948. The molecule has 0 bridgehead atoms. The number of allylic oxidation sites excluding steroid dienone is 1. The number of carbonyl (C=O) groups excluding carboxylic acids is 2. The van der Waals surface area contributed by atoms with Gasteiger partial charge in [-0.15, -0.1) is 0 Å². The zero-order valence-corrected chi connectivity index (χ0v) is 26.6. The maximum absolute atomic E-state index is 15.2. The van der Waals surface area contributed by atoms with Crippen molar-refractivity contribution in [2.24, 2.45) is 5.92 Å². The number of methoxy groups -OCH3 is 3. The highest BCUT2D eigenvalue weighted by molar-refractivity contribution is 6.39. The van der Waals surface area contributed by atoms with Gasteiger partial charge >= 0.3 is 11.8 Å². The van der Waals surface area contributed by atoms with Crippen LogP contribution in [0.2, 0.25) is 0 Å². The van der Waals surface area contributed by atoms with Crippen LogP contribution in [0.5, 0.6) is 23.0 Å². The summed E-state index contributed by atoms with van der Waals surface area (Å²) in [4.78, 5) is 29.5. The number of fused-ring (bicyclic) bond motifs is 1. The van der Waals surface area contributed by atoms with E-state index in [9.17, 15) is 9.59 Å². The first kappa shape index (κ1) is 34.2. The summed E-state index contributed by atoms with van der Waals surface area (Å²) in [5.41, 5.74) is 1.39. The summed E-state index contributed by atoms with van der Waals surface area (Å²) in [7, 11) is 4.67. The van der Waals surface area contributed by atoms with Crippen LogP contribution < -0.4 is 30.2 Å². The van der Waals surface area contributed by atoms with Crippen LogP contribution in [0.3, 0.4) is 0 Å². The molecule has 3 N–H and O–H groups in total. The number of nitrogens with one attached hydrogen (secondary N) is 3. The first-order chi connectivity index (χ1) is 22.3. The molecular formula is C34H41FN4O7. The van der Waals surface area contributed by atoms with Crippen LogP contribution in [-0.2, 0) is 19.1 Å². The molecule has 2 aromatic carbocycles. The molecule has 3 aromatic rings. The maximum Gasteiger partial charge on any atom is 0.313 e. The molecule has 0 atom stereocenters. The van der Waals surface area contributed by atoms with Gasteiger partial charge in [-0.1, -0.05) is 13.0 Å². The average molecular weight is 637 g/mol. The summed E-state index contributed by atoms with van der Waals surface area (Å²) in [5.74, 6) is -0.0358. The van der Waals surface area contributed by atoms with Crippen molar-refractivity contribution < 1.29 is 37.7 Å². The summed E-state index contributed by atoms with van der Waals surface area (Å²) in [5, 5.41) is 8.93. The van der Waals surface area contributed by atoms with Crippen molar-refractivity contribution in [3.05, 3.63) is 71.9 Å². The molecular weight excluding hydrogens is 595 g/mol. The van der Waals surface area contributed by atoms with Crippen LogP contribution in [0, 0.1) is 11.7 Å². The number of amides is 2. The van der Waals surface area contributed by atoms with Gasteiger partial charge in [-0.3, -0.25) is 14.6 Å². The predicted octanol–water partition coefficient (Wildman–Crippen LogP) is 5.12. The number of halogens is 1. The molecule has 46 heavy (non-hydrogen) atoms. The highest BCUT2D eigenvalue weighted by atomic mass is 19.1. The second kappa shape index (κ2) is 17.1. The van der Waals surface area contributed by atoms with Crippen LogP contribution in [-0.4, -0.2) is 71.0 Å². The van der Waals surface area contributed by atoms with Crippen molar-refractivity contribution in [2.45, 2.75) is 26.2 Å². The average Bonchev–Trinajstić information content (AvgIpc) is 3.08. The highest BCUT2D eigenvalue weighted by Crippen LogP contribution is 2.38. The van der Waals surface area contributed by atoms with E-state index in [2.05, 4.69) is 20.9 Å². The monoisotopic (exact) mass is 636 g/mol. The molecule has 12 heteroatoms. The number of hydrogen-bond donors (Lipinski definition) is 3. The first-order valence-corrected chi connectivity index (χ1v) is 15.1. The van der Waals surface area contributed by atoms with Crippen molar-refractivity contribution in [2.75, 3.05) is 59.5 Å². The van der Waals surface area contributed by atoms with E-state index in [1.165, 1.54) is 12.1 Å². The minimum Gasteiger partial charge on any atom is -0.501 e. The van der Waals surface area contributed by atoms with Crippen molar-refractivity contribution in [3.63, 3.8) is 0 Å². The number of benzene rings is 2. The third-order valence-corrected chi connectivity index (χ3v) is 7.46. The number of piperidine rings is 1. The van der Waals surface area contributed by atoms with Crippen molar-refractivity contribution in [1.29, 1.82) is 0 Å². The van der Waals surface area contributed by atoms with Crippen LogP contribution in [0.4, 0.5) is 10.1 Å². The molecule has 0 unspecified atom stereocenters. The van der Waals surface area contributed by atoms with E-state index in [1.54, 1.807) is 57.9 Å². The van der Waals surface area contributed by atoms with Gasteiger partial charge in [0.15, 0.2) is 23.1 Å². The summed E-state index contributed by atoms with van der Waals surface area (Å²) < 4.78 is 43.1. The molecule has 1 aliphatic rings. The fourth-order valence-electron chi connectivity index (χ4n) is 4.86. The number of aromatic nitrogens is 1. The van der Waals surface area contributed by atoms with E-state index in [0.717, 1.165) is 32.0 Å². The minimum absolute atomic E-state index is 0.0696. The molecule has 2 amide bonds. The van der Waals surface area contributed by atoms with Gasteiger partial charge in [0.1, 0.15) is 5.75 Å². The molecule has 246 valence electrons. The number of rotatable bonds is 14. The lowest BCUT2D eigenvalue weighted by molar-refractivity contribution is -0.136. The summed E-state index contributed by atoms with van der Waals surface area (Å²) in [6.45, 7) is 4.86. The maximum atomic E-state index is 15.2. The van der Waals surface area contributed by atoms with E-state index in [4.69, 9.17) is 23.7 Å². The van der Waals surface area contributed by atoms with E-state index >= 15 is 4.39 Å². The molecule has 1 aliphatic heterocycles. The fraction of sp³-hybridized carbons (Fsp3) is 0.382. The van der Waals surface area contributed by atoms with Crippen LogP contribution in [0.1, 0.15) is 26.2 Å². The Morgan fingerprint density at radius 1 is 1.02 bits per heavy atom. The Hall–Kier alpha value is -4.68. The van der Waals surface area contributed by atoms with Crippen LogP contribution in [0.25, 0.3) is 10.9 Å². The lowest BCUT2D eigenvalue weighted by atomic mass is 9.99. The van der Waals surface area contributed by atoms with Gasteiger partial charge in [-0.25, -0.2) is 4.39 Å². The largest absolute Gasteiger partial charge is 0.501 e. The third kappa shape index (κ3) is 9.41. The van der Waals surface area contributed by atoms with Gasteiger partial charge in [0.2, 0.25) is 0 Å². The number of hydrogen-bond acceptors (Lipinski definition) is 9. The van der Waals surface area contributed by atoms with Gasteiger partial charge < -0.3 is 39.6 Å². The fourth-order valence-corrected chi connectivity index (χ4v) is 4.86. The first-order valence-electron chi connectivity index (χ1n) is 15.1. The third-order valence-electron chi connectivity index (χ3n) is 7.46. The van der Waals surface area contributed by atoms with Crippen molar-refractivity contribution in [3.8, 4) is 23.0 Å². The Kier molecular flexibility index (Phi) is 12.7. The van der Waals surface area contributed by atoms with E-state index in [1.807, 2.05) is 6.92 Å². The SMILES string of the molecule is CC/C(=C\C(=C/COC)CNC(=O)C(=O)Nc1ccc(Oc2ccnc3cc(OCC4CCNCC4)c(OC)cc23)c(F)c1)OC. The molecule has 0 saturated carbocycles. The lowest BCUT2D eigenvalue weighted by Crippen LogP contribution is -2.36. The summed E-state index contributed by atoms with van der Waals surface area (Å²) >= 11 is 0. The molecule has 1 saturated heterocycles. The van der Waals surface area contributed by atoms with Crippen LogP contribution >= 0.6 is 0 Å². The van der Waals surface area contributed by atoms with E-state index in [-0.39, 0.29) is 18.0 Å². The highest BCUT2D eigenvalue weighted by Gasteiger charge is 2.18. The van der Waals surface area contributed by atoms with Gasteiger partial charge in [-0.2, -0.15) is 0 Å². The zero-order valence-electron chi connectivity index (χ0n) is 26.6. The predicted molar refractivity (Wildman–Crippen MR) is 173 cm³/mol. The molecule has 4 rings (SSSR count). The molecule has 0 aliphatic carbocycles. The van der Waals surface area contributed by atoms with Crippen LogP contribution in [0.15, 0.2) is 66.1 Å². The Bertz CT molecular complexity index is 1560. The van der Waals surface area contributed by atoms with Gasteiger partial charge in [-0.05, 0) is 67.8 Å². The smallest absolute Gasteiger partial charge is 0.313 e. The number of pyridine rings is 1. The van der Waals surface area contributed by atoms with Crippen molar-refractivity contribution in [1.82, 2.24) is 15.6 Å². The standard InChI is InChI=1S/C34H41FN4O7/c1-5-25(43-3)16-23(11-15-42-2)20-38-33(40)34(41)39-24-6-7-30(27(35)17-24)46-29-10-14-37-28-19-32(31(44-4)18-26(28)29)45-21-22-8-12-36-13-9-22/h6-7,10-11,14,16-19,22,36H,5,8-9,12-13,15,20-21H2,1-4H3,(H,38,40)(H,39,41)/b23-11+,25-16+. The molecule has 0 radical (unpaired) electrons. The number of ether oxygens (including phenoxy) is 5. The Labute approximate surface area is 268 Å². The van der Waals surface area contributed by atoms with E-state index in [0.29, 0.717) is 65.0 Å². The molecule has 2 heterocycles. The molecule has 0 spiro atoms. The Morgan fingerprint density at radius 2 is 1.83 bits per heavy atom. The van der Waals surface area contributed by atoms with Gasteiger partial charge in [0.25, 0.3) is 0 Å². The van der Waals surface area contributed by atoms with Gasteiger partial charge in [0.05, 0.1) is 38.7 Å². The zero-order chi connectivity index (χ0) is 32.9. The number of carbonyl (C=O) groups is 2. The second-order valence-corrected chi connectivity index (χ2v) is 10.6. The van der Waals surface area contributed by atoms with Gasteiger partial charge in [0, 0.05) is 49.5 Å². The molecule has 11 nitrogen and oxygen atoms in total. The normalized spacial score (nSPS) is 14.1. The van der Waals surface area contributed by atoms with E-state index < -0.39 is 17.6 Å². The second-order valence-electron chi connectivity index (χ2n) is 10.6. The lowest BCUT2D eigenvalue weighted by Gasteiger charge is -2.23. The van der Waals surface area contributed by atoms with Crippen molar-refractivity contribution >= 4 is 28.4 Å². The number of nitrogens with zero attached hydrogens (tertiary/aromatic N) is 1. The Balaban J connectivity index is 1.41. The quantitative estimate of drug-likeness (QED) is 0.125. The molecule has 1 fully saturated rings. The number of anilines is 1.